The fourth-order valence-electron chi connectivity index (χ4n) is 2.20. The molecule has 1 heterocycles. The van der Waals surface area contributed by atoms with Crippen LogP contribution in [0, 0.1) is 0 Å². The Morgan fingerprint density at radius 3 is 2.53 bits per heavy atom. The predicted octanol–water partition coefficient (Wildman–Crippen LogP) is 1.05. The molecule has 0 bridgehead atoms. The summed E-state index contributed by atoms with van der Waals surface area (Å²) in [5.41, 5.74) is 5.56. The summed E-state index contributed by atoms with van der Waals surface area (Å²) in [7, 11) is 0. The van der Waals surface area contributed by atoms with E-state index in [-0.39, 0.29) is 35.8 Å². The molecule has 1 aliphatic rings. The van der Waals surface area contributed by atoms with E-state index >= 15 is 0 Å². The molecule has 1 saturated heterocycles. The van der Waals surface area contributed by atoms with Gasteiger partial charge in [0, 0.05) is 18.5 Å². The zero-order valence-corrected chi connectivity index (χ0v) is 13.0. The van der Waals surface area contributed by atoms with Crippen molar-refractivity contribution in [2.45, 2.75) is 64.6 Å². The minimum absolute atomic E-state index is 0. The summed E-state index contributed by atoms with van der Waals surface area (Å²) in [6.45, 7) is 8.56. The van der Waals surface area contributed by atoms with Gasteiger partial charge in [0.15, 0.2) is 0 Å². The van der Waals surface area contributed by atoms with Crippen LogP contribution in [0.3, 0.4) is 0 Å². The average molecular weight is 292 g/mol. The van der Waals surface area contributed by atoms with Gasteiger partial charge in [0.05, 0.1) is 12.1 Å². The highest BCUT2D eigenvalue weighted by Crippen LogP contribution is 2.21. The largest absolute Gasteiger partial charge is 0.350 e. The van der Waals surface area contributed by atoms with Crippen molar-refractivity contribution in [1.82, 2.24) is 10.2 Å². The Kier molecular flexibility index (Phi) is 6.80. The van der Waals surface area contributed by atoms with E-state index in [0.29, 0.717) is 19.4 Å². The lowest BCUT2D eigenvalue weighted by Crippen LogP contribution is -2.48. The molecule has 0 radical (unpaired) electrons. The second kappa shape index (κ2) is 7.10. The number of carbonyl (C=O) groups is 2. The molecule has 0 spiro atoms. The maximum atomic E-state index is 11.9. The van der Waals surface area contributed by atoms with Crippen molar-refractivity contribution < 1.29 is 9.59 Å². The molecule has 112 valence electrons. The number of hydrogen-bond acceptors (Lipinski definition) is 3. The standard InChI is InChI=1S/C13H25N3O2.ClH/c1-5-6-10(14)12(18)15-9-7-11(17)16(8-9)13(2,3)4;/h9-10H,5-8,14H2,1-4H3,(H,15,18);1H. The number of nitrogens with two attached hydrogens (primary N) is 1. The maximum absolute atomic E-state index is 11.9. The molecular formula is C13H26ClN3O2. The van der Waals surface area contributed by atoms with E-state index in [1.807, 2.05) is 32.6 Å². The van der Waals surface area contributed by atoms with E-state index in [2.05, 4.69) is 5.32 Å². The minimum Gasteiger partial charge on any atom is -0.350 e. The van der Waals surface area contributed by atoms with Crippen molar-refractivity contribution in [2.24, 2.45) is 5.73 Å². The van der Waals surface area contributed by atoms with Gasteiger partial charge >= 0.3 is 0 Å². The van der Waals surface area contributed by atoms with Crippen LogP contribution < -0.4 is 11.1 Å². The molecule has 1 rings (SSSR count). The number of carbonyl (C=O) groups excluding carboxylic acids is 2. The van der Waals surface area contributed by atoms with Crippen LogP contribution in [0.5, 0.6) is 0 Å². The first kappa shape index (κ1) is 18.2. The zero-order valence-electron chi connectivity index (χ0n) is 12.2. The number of halogens is 1. The molecule has 0 aromatic rings. The van der Waals surface area contributed by atoms with Gasteiger partial charge in [0.1, 0.15) is 0 Å². The molecule has 0 aromatic heterocycles. The molecule has 1 aliphatic heterocycles. The smallest absolute Gasteiger partial charge is 0.237 e. The van der Waals surface area contributed by atoms with Crippen LogP contribution in [0.1, 0.15) is 47.0 Å². The van der Waals surface area contributed by atoms with E-state index in [1.54, 1.807) is 0 Å². The summed E-state index contributed by atoms with van der Waals surface area (Å²) < 4.78 is 0. The molecule has 6 heteroatoms. The van der Waals surface area contributed by atoms with Crippen LogP contribution >= 0.6 is 12.4 Å². The first-order chi connectivity index (χ1) is 8.25. The number of nitrogens with zero attached hydrogens (tertiary/aromatic N) is 1. The summed E-state index contributed by atoms with van der Waals surface area (Å²) in [5.74, 6) is -0.0535. The first-order valence-electron chi connectivity index (χ1n) is 6.62. The molecule has 1 fully saturated rings. The van der Waals surface area contributed by atoms with Crippen molar-refractivity contribution >= 4 is 24.2 Å². The van der Waals surface area contributed by atoms with E-state index in [9.17, 15) is 9.59 Å². The van der Waals surface area contributed by atoms with E-state index in [4.69, 9.17) is 5.73 Å². The lowest BCUT2D eigenvalue weighted by Gasteiger charge is -2.32. The molecule has 2 unspecified atom stereocenters. The molecule has 0 aliphatic carbocycles. The third-order valence-corrected chi connectivity index (χ3v) is 3.22. The summed E-state index contributed by atoms with van der Waals surface area (Å²) >= 11 is 0. The van der Waals surface area contributed by atoms with Crippen molar-refractivity contribution in [1.29, 1.82) is 0 Å². The number of hydrogen-bond donors (Lipinski definition) is 2. The van der Waals surface area contributed by atoms with Crippen LogP contribution in [0.15, 0.2) is 0 Å². The second-order valence-corrected chi connectivity index (χ2v) is 5.98. The van der Waals surface area contributed by atoms with Crippen LogP contribution in [0.4, 0.5) is 0 Å². The fourth-order valence-corrected chi connectivity index (χ4v) is 2.20. The number of likely N-dealkylation sites (tertiary alicyclic amines) is 1. The van der Waals surface area contributed by atoms with Crippen LogP contribution in [0.25, 0.3) is 0 Å². The Balaban J connectivity index is 0.00000324. The Labute approximate surface area is 121 Å². The third-order valence-electron chi connectivity index (χ3n) is 3.22. The zero-order chi connectivity index (χ0) is 13.9. The Morgan fingerprint density at radius 1 is 1.53 bits per heavy atom. The molecule has 5 nitrogen and oxygen atoms in total. The SMILES string of the molecule is CCCC(N)C(=O)NC1CC(=O)N(C(C)(C)C)C1.Cl. The van der Waals surface area contributed by atoms with Crippen molar-refractivity contribution in [3.05, 3.63) is 0 Å². The van der Waals surface area contributed by atoms with Crippen molar-refractivity contribution in [2.75, 3.05) is 6.54 Å². The summed E-state index contributed by atoms with van der Waals surface area (Å²) in [4.78, 5) is 25.4. The maximum Gasteiger partial charge on any atom is 0.237 e. The quantitative estimate of drug-likeness (QED) is 0.813. The normalized spacial score (nSPS) is 21.0. The van der Waals surface area contributed by atoms with Gasteiger partial charge in [0.25, 0.3) is 0 Å². The van der Waals surface area contributed by atoms with Gasteiger partial charge in [-0.25, -0.2) is 0 Å². The first-order valence-corrected chi connectivity index (χ1v) is 6.62. The van der Waals surface area contributed by atoms with E-state index in [0.717, 1.165) is 6.42 Å². The summed E-state index contributed by atoms with van der Waals surface area (Å²) in [6, 6.07) is -0.569. The van der Waals surface area contributed by atoms with Gasteiger partial charge in [-0.3, -0.25) is 9.59 Å². The van der Waals surface area contributed by atoms with Crippen LogP contribution in [0.2, 0.25) is 0 Å². The second-order valence-electron chi connectivity index (χ2n) is 5.98. The lowest BCUT2D eigenvalue weighted by atomic mass is 10.1. The topological polar surface area (TPSA) is 75.4 Å². The number of nitrogens with one attached hydrogen (secondary N) is 1. The van der Waals surface area contributed by atoms with Gasteiger partial charge in [-0.1, -0.05) is 13.3 Å². The highest BCUT2D eigenvalue weighted by Gasteiger charge is 2.37. The fraction of sp³-hybridized carbons (Fsp3) is 0.846. The summed E-state index contributed by atoms with van der Waals surface area (Å²) in [6.07, 6.45) is 1.93. The molecular weight excluding hydrogens is 266 g/mol. The van der Waals surface area contributed by atoms with E-state index < -0.39 is 6.04 Å². The van der Waals surface area contributed by atoms with Gasteiger partial charge in [-0.05, 0) is 27.2 Å². The highest BCUT2D eigenvalue weighted by atomic mass is 35.5. The molecule has 19 heavy (non-hydrogen) atoms. The van der Waals surface area contributed by atoms with E-state index in [1.165, 1.54) is 0 Å². The lowest BCUT2D eigenvalue weighted by molar-refractivity contribution is -0.131. The monoisotopic (exact) mass is 291 g/mol. The minimum atomic E-state index is -0.464. The molecule has 2 amide bonds. The van der Waals surface area contributed by atoms with Crippen molar-refractivity contribution in [3.63, 3.8) is 0 Å². The predicted molar refractivity (Wildman–Crippen MR) is 78.1 cm³/mol. The Hall–Kier alpha value is -0.810. The third kappa shape index (κ3) is 4.99. The molecule has 3 N–H and O–H groups in total. The Morgan fingerprint density at radius 2 is 2.11 bits per heavy atom. The average Bonchev–Trinajstić information content (AvgIpc) is 2.59. The van der Waals surface area contributed by atoms with Crippen molar-refractivity contribution in [3.8, 4) is 0 Å². The molecule has 2 atom stereocenters. The Bertz CT molecular complexity index is 328. The summed E-state index contributed by atoms with van der Waals surface area (Å²) in [5, 5.41) is 2.87. The molecule has 0 saturated carbocycles. The van der Waals surface area contributed by atoms with Crippen LogP contribution in [-0.4, -0.2) is 40.9 Å². The van der Waals surface area contributed by atoms with Gasteiger partial charge in [0.2, 0.25) is 11.8 Å². The van der Waals surface area contributed by atoms with Gasteiger partial charge in [-0.2, -0.15) is 0 Å². The number of amides is 2. The van der Waals surface area contributed by atoms with Gasteiger partial charge in [-0.15, -0.1) is 12.4 Å². The number of rotatable bonds is 4. The molecule has 0 aromatic carbocycles. The van der Waals surface area contributed by atoms with Gasteiger partial charge < -0.3 is 16.0 Å². The van der Waals surface area contributed by atoms with Crippen LogP contribution in [-0.2, 0) is 9.59 Å². The highest BCUT2D eigenvalue weighted by molar-refractivity contribution is 5.85.